The van der Waals surface area contributed by atoms with Crippen LogP contribution in [0.2, 0.25) is 5.02 Å². The monoisotopic (exact) mass is 389 g/mol. The zero-order chi connectivity index (χ0) is 17.2. The minimum atomic E-state index is -3.99. The van der Waals surface area contributed by atoms with Crippen LogP contribution < -0.4 is 0 Å². The molecular formula is C16H17ClFNO3S2. The lowest BCUT2D eigenvalue weighted by atomic mass is 10.2. The molecule has 1 saturated heterocycles. The molecule has 0 amide bonds. The van der Waals surface area contributed by atoms with Gasteiger partial charge in [-0.15, -0.1) is 11.3 Å². The van der Waals surface area contributed by atoms with Crippen LogP contribution >= 0.6 is 22.9 Å². The average molecular weight is 390 g/mol. The van der Waals surface area contributed by atoms with Crippen molar-refractivity contribution in [3.8, 4) is 0 Å². The third kappa shape index (κ3) is 3.97. The molecule has 2 heterocycles. The molecule has 1 aliphatic heterocycles. The van der Waals surface area contributed by atoms with Crippen LogP contribution in [-0.4, -0.2) is 32.0 Å². The molecule has 0 bridgehead atoms. The molecule has 0 saturated carbocycles. The summed E-state index contributed by atoms with van der Waals surface area (Å²) in [6, 6.07) is 7.33. The van der Waals surface area contributed by atoms with Crippen LogP contribution in [0.15, 0.2) is 40.6 Å². The number of hydrogen-bond acceptors (Lipinski definition) is 4. The Morgan fingerprint density at radius 1 is 1.38 bits per heavy atom. The van der Waals surface area contributed by atoms with Gasteiger partial charge in [-0.1, -0.05) is 17.7 Å². The summed E-state index contributed by atoms with van der Waals surface area (Å²) in [6.07, 6.45) is 1.56. The highest BCUT2D eigenvalue weighted by Gasteiger charge is 2.31. The second-order valence-electron chi connectivity index (χ2n) is 5.59. The summed E-state index contributed by atoms with van der Waals surface area (Å²) in [5, 5.41) is 2.05. The fraction of sp³-hybridized carbons (Fsp3) is 0.375. The Morgan fingerprint density at radius 2 is 2.21 bits per heavy atom. The molecule has 2 aromatic rings. The van der Waals surface area contributed by atoms with Gasteiger partial charge < -0.3 is 4.74 Å². The lowest BCUT2D eigenvalue weighted by Gasteiger charge is -2.24. The summed E-state index contributed by atoms with van der Waals surface area (Å²) >= 11 is 7.20. The minimum Gasteiger partial charge on any atom is -0.377 e. The van der Waals surface area contributed by atoms with E-state index in [-0.39, 0.29) is 29.1 Å². The topological polar surface area (TPSA) is 46.6 Å². The smallest absolute Gasteiger partial charge is 0.246 e. The van der Waals surface area contributed by atoms with E-state index in [1.54, 1.807) is 0 Å². The van der Waals surface area contributed by atoms with Crippen LogP contribution in [0.25, 0.3) is 0 Å². The van der Waals surface area contributed by atoms with Gasteiger partial charge in [0.1, 0.15) is 10.7 Å². The van der Waals surface area contributed by atoms with Gasteiger partial charge in [0, 0.05) is 29.6 Å². The standard InChI is InChI=1S/C16H17ClFNO3S2/c17-12-5-6-16(15(18)9-12)24(20,21)19(10-13-3-1-7-22-13)11-14-4-2-8-23-14/h2,4-6,8-9,13H,1,3,7,10-11H2/t13-/m0/s1. The Balaban J connectivity index is 1.92. The summed E-state index contributed by atoms with van der Waals surface area (Å²) in [4.78, 5) is 0.535. The molecule has 24 heavy (non-hydrogen) atoms. The molecule has 1 aromatic heterocycles. The number of rotatable bonds is 6. The third-order valence-corrected chi connectivity index (χ3v) is 6.80. The highest BCUT2D eigenvalue weighted by Crippen LogP contribution is 2.26. The van der Waals surface area contributed by atoms with Crippen LogP contribution in [0.1, 0.15) is 17.7 Å². The van der Waals surface area contributed by atoms with Crippen molar-refractivity contribution in [1.82, 2.24) is 4.31 Å². The quantitative estimate of drug-likeness (QED) is 0.752. The summed E-state index contributed by atoms with van der Waals surface area (Å²) in [7, 11) is -3.99. The fourth-order valence-corrected chi connectivity index (χ4v) is 5.12. The Hall–Kier alpha value is -0.990. The van der Waals surface area contributed by atoms with E-state index >= 15 is 0 Å². The maximum Gasteiger partial charge on any atom is 0.246 e. The molecule has 0 unspecified atom stereocenters. The van der Waals surface area contributed by atoms with Crippen molar-refractivity contribution in [3.63, 3.8) is 0 Å². The van der Waals surface area contributed by atoms with E-state index in [1.807, 2.05) is 17.5 Å². The number of hydrogen-bond donors (Lipinski definition) is 0. The second kappa shape index (κ2) is 7.49. The highest BCUT2D eigenvalue weighted by atomic mass is 35.5. The fourth-order valence-electron chi connectivity index (χ4n) is 2.66. The summed E-state index contributed by atoms with van der Waals surface area (Å²) in [6.45, 7) is 1.04. The number of ether oxygens (including phenoxy) is 1. The van der Waals surface area contributed by atoms with Crippen molar-refractivity contribution < 1.29 is 17.5 Å². The van der Waals surface area contributed by atoms with Gasteiger partial charge in [0.15, 0.2) is 0 Å². The van der Waals surface area contributed by atoms with E-state index < -0.39 is 15.8 Å². The van der Waals surface area contributed by atoms with E-state index in [2.05, 4.69) is 0 Å². The maximum absolute atomic E-state index is 14.2. The van der Waals surface area contributed by atoms with Crippen LogP contribution in [0.5, 0.6) is 0 Å². The van der Waals surface area contributed by atoms with E-state index in [0.717, 1.165) is 23.8 Å². The van der Waals surface area contributed by atoms with Crippen molar-refractivity contribution in [2.24, 2.45) is 0 Å². The lowest BCUT2D eigenvalue weighted by molar-refractivity contribution is 0.0927. The third-order valence-electron chi connectivity index (χ3n) is 3.86. The molecule has 4 nitrogen and oxygen atoms in total. The molecule has 3 rings (SSSR count). The second-order valence-corrected chi connectivity index (χ2v) is 8.96. The van der Waals surface area contributed by atoms with E-state index in [0.29, 0.717) is 6.61 Å². The molecule has 1 aliphatic rings. The van der Waals surface area contributed by atoms with Gasteiger partial charge in [0.2, 0.25) is 10.0 Å². The number of halogens is 2. The predicted molar refractivity (Wildman–Crippen MR) is 92.3 cm³/mol. The largest absolute Gasteiger partial charge is 0.377 e. The van der Waals surface area contributed by atoms with Gasteiger partial charge >= 0.3 is 0 Å². The van der Waals surface area contributed by atoms with Crippen molar-refractivity contribution >= 4 is 33.0 Å². The lowest BCUT2D eigenvalue weighted by Crippen LogP contribution is -2.37. The Bertz CT molecular complexity index is 790. The van der Waals surface area contributed by atoms with Crippen molar-refractivity contribution in [2.45, 2.75) is 30.4 Å². The number of nitrogens with zero attached hydrogens (tertiary/aromatic N) is 1. The molecule has 1 aromatic carbocycles. The summed E-state index contributed by atoms with van der Waals surface area (Å²) in [5.41, 5.74) is 0. The van der Waals surface area contributed by atoms with Gasteiger partial charge in [-0.25, -0.2) is 12.8 Å². The molecule has 0 radical (unpaired) electrons. The SMILES string of the molecule is O=S(=O)(c1ccc(Cl)cc1F)N(Cc1cccs1)C[C@@H]1CCCO1. The molecular weight excluding hydrogens is 373 g/mol. The number of sulfonamides is 1. The van der Waals surface area contributed by atoms with Crippen LogP contribution in [0, 0.1) is 5.82 Å². The summed E-state index contributed by atoms with van der Waals surface area (Å²) in [5.74, 6) is -0.842. The molecule has 0 aliphatic carbocycles. The molecule has 130 valence electrons. The average Bonchev–Trinajstić information content (AvgIpc) is 3.19. The maximum atomic E-state index is 14.2. The van der Waals surface area contributed by atoms with Gasteiger partial charge in [0.05, 0.1) is 6.10 Å². The number of benzene rings is 1. The van der Waals surface area contributed by atoms with Gasteiger partial charge in [0.25, 0.3) is 0 Å². The van der Waals surface area contributed by atoms with E-state index in [9.17, 15) is 12.8 Å². The first kappa shape index (κ1) is 17.8. The Kier molecular flexibility index (Phi) is 5.56. The molecule has 0 spiro atoms. The first-order valence-electron chi connectivity index (χ1n) is 7.56. The molecule has 1 atom stereocenters. The van der Waals surface area contributed by atoms with E-state index in [4.69, 9.17) is 16.3 Å². The first-order chi connectivity index (χ1) is 11.5. The number of thiophene rings is 1. The zero-order valence-corrected chi connectivity index (χ0v) is 15.2. The molecule has 0 N–H and O–H groups in total. The minimum absolute atomic E-state index is 0.157. The van der Waals surface area contributed by atoms with Crippen LogP contribution in [0.4, 0.5) is 4.39 Å². The van der Waals surface area contributed by atoms with Gasteiger partial charge in [-0.2, -0.15) is 4.31 Å². The predicted octanol–water partition coefficient (Wildman–Crippen LogP) is 3.91. The normalized spacial score (nSPS) is 18.4. The van der Waals surface area contributed by atoms with Crippen LogP contribution in [0.3, 0.4) is 0 Å². The van der Waals surface area contributed by atoms with Crippen LogP contribution in [-0.2, 0) is 21.3 Å². The summed E-state index contributed by atoms with van der Waals surface area (Å²) < 4.78 is 47.0. The molecule has 8 heteroatoms. The molecule has 1 fully saturated rings. The van der Waals surface area contributed by atoms with E-state index in [1.165, 1.54) is 27.8 Å². The van der Waals surface area contributed by atoms with Gasteiger partial charge in [-0.05, 0) is 42.5 Å². The highest BCUT2D eigenvalue weighted by molar-refractivity contribution is 7.89. The van der Waals surface area contributed by atoms with Crippen molar-refractivity contribution in [1.29, 1.82) is 0 Å². The van der Waals surface area contributed by atoms with Crippen molar-refractivity contribution in [3.05, 3.63) is 51.4 Å². The van der Waals surface area contributed by atoms with Crippen molar-refractivity contribution in [2.75, 3.05) is 13.2 Å². The Labute approximate surface area is 149 Å². The zero-order valence-electron chi connectivity index (χ0n) is 12.8. The van der Waals surface area contributed by atoms with Gasteiger partial charge in [-0.3, -0.25) is 0 Å². The Morgan fingerprint density at radius 3 is 2.83 bits per heavy atom. The first-order valence-corrected chi connectivity index (χ1v) is 10.3.